The van der Waals surface area contributed by atoms with Gasteiger partial charge in [0.05, 0.1) is 7.11 Å². The molecule has 4 heteroatoms. The molecular weight excluding hydrogens is 136 g/mol. The first-order valence-electron chi connectivity index (χ1n) is 2.67. The van der Waals surface area contributed by atoms with Crippen molar-refractivity contribution in [2.75, 3.05) is 7.11 Å². The second kappa shape index (κ2) is 3.76. The average Bonchev–Trinajstić information content (AvgIpc) is 1.88. The molecule has 0 radical (unpaired) electrons. The maximum atomic E-state index is 10.5. The summed E-state index contributed by atoms with van der Waals surface area (Å²) in [7, 11) is 1.13. The summed E-state index contributed by atoms with van der Waals surface area (Å²) in [5.74, 6) is -2.55. The largest absolute Gasteiger partial charge is 0.468 e. The van der Waals surface area contributed by atoms with Gasteiger partial charge in [-0.15, -0.1) is 0 Å². The molecule has 0 fully saturated rings. The van der Waals surface area contributed by atoms with Crippen LogP contribution in [0.4, 0.5) is 0 Å². The Balaban J connectivity index is 4.20. The smallest absolute Gasteiger partial charge is 0.323 e. The van der Waals surface area contributed by atoms with Crippen LogP contribution in [0, 0.1) is 5.92 Å². The first-order valence-corrected chi connectivity index (χ1v) is 2.67. The van der Waals surface area contributed by atoms with Crippen molar-refractivity contribution in [1.82, 2.24) is 0 Å². The van der Waals surface area contributed by atoms with Crippen molar-refractivity contribution in [3.8, 4) is 0 Å². The van der Waals surface area contributed by atoms with Gasteiger partial charge in [-0.25, -0.2) is 0 Å². The lowest BCUT2D eigenvalue weighted by atomic mass is 10.1. The van der Waals surface area contributed by atoms with E-state index in [4.69, 9.17) is 0 Å². The number of hydrogen-bond donors (Lipinski definition) is 0. The van der Waals surface area contributed by atoms with Gasteiger partial charge in [0.25, 0.3) is 0 Å². The fourth-order valence-electron chi connectivity index (χ4n) is 0.444. The fourth-order valence-corrected chi connectivity index (χ4v) is 0.444. The summed E-state index contributed by atoms with van der Waals surface area (Å²) >= 11 is 0. The van der Waals surface area contributed by atoms with Gasteiger partial charge >= 0.3 is 5.97 Å². The third kappa shape index (κ3) is 1.97. The summed E-state index contributed by atoms with van der Waals surface area (Å²) in [5, 5.41) is 0. The van der Waals surface area contributed by atoms with Gasteiger partial charge in [0.1, 0.15) is 6.29 Å². The molecule has 56 valence electrons. The van der Waals surface area contributed by atoms with Crippen molar-refractivity contribution in [3.63, 3.8) is 0 Å². The molecule has 0 aliphatic rings. The van der Waals surface area contributed by atoms with Gasteiger partial charge in [-0.05, 0) is 6.92 Å². The van der Waals surface area contributed by atoms with Crippen LogP contribution in [0.25, 0.3) is 0 Å². The lowest BCUT2D eigenvalue weighted by molar-refractivity contribution is -0.150. The first-order chi connectivity index (χ1) is 4.63. The van der Waals surface area contributed by atoms with Crippen molar-refractivity contribution < 1.29 is 19.1 Å². The molecule has 0 aromatic rings. The topological polar surface area (TPSA) is 60.4 Å². The Bertz CT molecular complexity index is 161. The van der Waals surface area contributed by atoms with Crippen LogP contribution in [0.5, 0.6) is 0 Å². The van der Waals surface area contributed by atoms with E-state index in [1.165, 1.54) is 0 Å². The van der Waals surface area contributed by atoms with E-state index in [0.717, 1.165) is 14.0 Å². The zero-order valence-electron chi connectivity index (χ0n) is 5.79. The summed E-state index contributed by atoms with van der Waals surface area (Å²) in [6.07, 6.45) is 0.272. The Morgan fingerprint density at radius 3 is 2.10 bits per heavy atom. The molecule has 1 unspecified atom stereocenters. The summed E-state index contributed by atoms with van der Waals surface area (Å²) in [6, 6.07) is 0. The molecule has 0 saturated heterocycles. The summed E-state index contributed by atoms with van der Waals surface area (Å²) in [6.45, 7) is 1.16. The Morgan fingerprint density at radius 1 is 1.50 bits per heavy atom. The van der Waals surface area contributed by atoms with Crippen LogP contribution in [-0.2, 0) is 19.1 Å². The standard InChI is InChI=1S/C6H8O4/c1-4(8)5(3-7)6(9)10-2/h3,5H,1-2H3. The maximum Gasteiger partial charge on any atom is 0.323 e. The van der Waals surface area contributed by atoms with E-state index in [1.807, 2.05) is 0 Å². The monoisotopic (exact) mass is 144 g/mol. The third-order valence-corrected chi connectivity index (χ3v) is 1.03. The zero-order chi connectivity index (χ0) is 8.15. The van der Waals surface area contributed by atoms with Crippen LogP contribution < -0.4 is 0 Å². The quantitative estimate of drug-likeness (QED) is 0.306. The number of carbonyl (C=O) groups is 3. The molecule has 0 aliphatic heterocycles. The number of carbonyl (C=O) groups excluding carboxylic acids is 3. The number of rotatable bonds is 3. The van der Waals surface area contributed by atoms with Crippen LogP contribution in [0.1, 0.15) is 6.92 Å². The minimum atomic E-state index is -1.25. The van der Waals surface area contributed by atoms with Gasteiger partial charge in [0, 0.05) is 0 Å². The Morgan fingerprint density at radius 2 is 2.00 bits per heavy atom. The molecule has 0 heterocycles. The number of esters is 1. The van der Waals surface area contributed by atoms with Crippen LogP contribution in [0.15, 0.2) is 0 Å². The Hall–Kier alpha value is -1.19. The molecule has 0 saturated carbocycles. The average molecular weight is 144 g/mol. The predicted octanol–water partition coefficient (Wildman–Crippen LogP) is -0.437. The Labute approximate surface area is 58.2 Å². The van der Waals surface area contributed by atoms with Gasteiger partial charge < -0.3 is 9.53 Å². The number of ketones is 1. The van der Waals surface area contributed by atoms with Gasteiger partial charge in [-0.1, -0.05) is 0 Å². The molecule has 0 rings (SSSR count). The molecule has 10 heavy (non-hydrogen) atoms. The zero-order valence-corrected chi connectivity index (χ0v) is 5.79. The molecule has 0 N–H and O–H groups in total. The van der Waals surface area contributed by atoms with E-state index in [9.17, 15) is 14.4 Å². The second-order valence-electron chi connectivity index (χ2n) is 1.75. The van der Waals surface area contributed by atoms with E-state index in [2.05, 4.69) is 4.74 Å². The lowest BCUT2D eigenvalue weighted by Crippen LogP contribution is -2.24. The van der Waals surface area contributed by atoms with Crippen LogP contribution >= 0.6 is 0 Å². The molecule has 0 amide bonds. The molecule has 4 nitrogen and oxygen atoms in total. The summed E-state index contributed by atoms with van der Waals surface area (Å²) in [4.78, 5) is 31.0. The normalized spacial score (nSPS) is 11.8. The maximum absolute atomic E-state index is 10.5. The Kier molecular flexibility index (Phi) is 3.32. The molecule has 0 aromatic carbocycles. The number of methoxy groups -OCH3 is 1. The van der Waals surface area contributed by atoms with Crippen molar-refractivity contribution >= 4 is 18.0 Å². The van der Waals surface area contributed by atoms with E-state index in [-0.39, 0.29) is 6.29 Å². The summed E-state index contributed by atoms with van der Waals surface area (Å²) in [5.41, 5.74) is 0. The highest BCUT2D eigenvalue weighted by molar-refractivity contribution is 6.09. The van der Waals surface area contributed by atoms with E-state index in [1.54, 1.807) is 0 Å². The van der Waals surface area contributed by atoms with Gasteiger partial charge in [0.15, 0.2) is 11.7 Å². The molecule has 0 spiro atoms. The molecule has 0 aliphatic carbocycles. The van der Waals surface area contributed by atoms with Crippen molar-refractivity contribution in [2.45, 2.75) is 6.92 Å². The molecule has 0 bridgehead atoms. The van der Waals surface area contributed by atoms with Gasteiger partial charge in [-0.3, -0.25) is 9.59 Å². The van der Waals surface area contributed by atoms with Crippen LogP contribution in [-0.4, -0.2) is 25.1 Å². The molecule has 0 aromatic heterocycles. The highest BCUT2D eigenvalue weighted by Crippen LogP contribution is 1.95. The minimum Gasteiger partial charge on any atom is -0.468 e. The van der Waals surface area contributed by atoms with Crippen molar-refractivity contribution in [1.29, 1.82) is 0 Å². The van der Waals surface area contributed by atoms with Crippen LogP contribution in [0.2, 0.25) is 0 Å². The number of Topliss-reactive ketones (excluding diaryl/α,β-unsaturated/α-hetero) is 1. The van der Waals surface area contributed by atoms with Gasteiger partial charge in [-0.2, -0.15) is 0 Å². The number of ether oxygens (including phenoxy) is 1. The second-order valence-corrected chi connectivity index (χ2v) is 1.75. The van der Waals surface area contributed by atoms with E-state index < -0.39 is 17.7 Å². The minimum absolute atomic E-state index is 0.272. The van der Waals surface area contributed by atoms with Crippen LogP contribution in [0.3, 0.4) is 0 Å². The molecular formula is C6H8O4. The third-order valence-electron chi connectivity index (χ3n) is 1.03. The highest BCUT2D eigenvalue weighted by atomic mass is 16.5. The van der Waals surface area contributed by atoms with Crippen molar-refractivity contribution in [2.24, 2.45) is 5.92 Å². The lowest BCUT2D eigenvalue weighted by Gasteiger charge is -2.01. The van der Waals surface area contributed by atoms with Gasteiger partial charge in [0.2, 0.25) is 0 Å². The SMILES string of the molecule is COC(=O)C(C=O)C(C)=O. The van der Waals surface area contributed by atoms with Crippen molar-refractivity contribution in [3.05, 3.63) is 0 Å². The fraction of sp³-hybridized carbons (Fsp3) is 0.500. The molecule has 1 atom stereocenters. The predicted molar refractivity (Wildman–Crippen MR) is 32.3 cm³/mol. The summed E-state index contributed by atoms with van der Waals surface area (Å²) < 4.78 is 4.17. The number of aldehydes is 1. The van der Waals surface area contributed by atoms with E-state index in [0.29, 0.717) is 0 Å². The highest BCUT2D eigenvalue weighted by Gasteiger charge is 2.22. The first kappa shape index (κ1) is 8.81. The number of hydrogen-bond acceptors (Lipinski definition) is 4. The van der Waals surface area contributed by atoms with E-state index >= 15 is 0 Å².